The van der Waals surface area contributed by atoms with E-state index >= 15 is 0 Å². The predicted octanol–water partition coefficient (Wildman–Crippen LogP) is 3.31. The molecule has 0 heterocycles. The molecule has 0 radical (unpaired) electrons. The molecule has 0 aliphatic carbocycles. The second kappa shape index (κ2) is 3.83. The van der Waals surface area contributed by atoms with Crippen LogP contribution < -0.4 is 0 Å². The van der Waals surface area contributed by atoms with E-state index < -0.39 is 5.83 Å². The van der Waals surface area contributed by atoms with Crippen LogP contribution in [0.1, 0.15) is 0 Å². The van der Waals surface area contributed by atoms with Crippen molar-refractivity contribution in [2.75, 3.05) is 0 Å². The van der Waals surface area contributed by atoms with E-state index in [1.165, 1.54) is 0 Å². The minimum Gasteiger partial charge on any atom is 0.00330 e. The van der Waals surface area contributed by atoms with Crippen molar-refractivity contribution < 1.29 is 0 Å². The van der Waals surface area contributed by atoms with E-state index in [-0.39, 0.29) is 0 Å². The van der Waals surface area contributed by atoms with Gasteiger partial charge in [0.15, 0.2) is 10.6 Å². The largest absolute Gasteiger partial charge is 0.274 e. The van der Waals surface area contributed by atoms with E-state index in [2.05, 4.69) is 0 Å². The standard InChI is InChI=1S/Cl3PS/c1-4(2)5-3/p+1. The lowest BCUT2D eigenvalue weighted by Crippen LogP contribution is -1.10. The Hall–Kier alpha value is 1.65. The Morgan fingerprint density at radius 1 is 1.40 bits per heavy atom. The van der Waals surface area contributed by atoms with Crippen LogP contribution in [0.3, 0.4) is 0 Å². The normalized spacial score (nSPS) is 9.60. The Labute approximate surface area is 49.7 Å². The number of halogens is 3. The summed E-state index contributed by atoms with van der Waals surface area (Å²) in [5.74, 6) is -1.25. The Bertz CT molecular complexity index is 20.9. The third-order valence-electron chi connectivity index (χ3n) is 0.0583. The zero-order valence-electron chi connectivity index (χ0n) is 2.04. The van der Waals surface area contributed by atoms with Crippen molar-refractivity contribution in [1.82, 2.24) is 0 Å². The van der Waals surface area contributed by atoms with Gasteiger partial charge in [-0.25, -0.2) is 0 Å². The molecule has 0 N–H and O–H groups in total. The first-order valence-electron chi connectivity index (χ1n) is 0.736. The summed E-state index contributed by atoms with van der Waals surface area (Å²) in [4.78, 5) is 0. The van der Waals surface area contributed by atoms with Crippen molar-refractivity contribution in [2.45, 2.75) is 0 Å². The Morgan fingerprint density at radius 2 is 1.60 bits per heavy atom. The maximum Gasteiger partial charge on any atom is 0.274 e. The molecule has 0 atom stereocenters. The van der Waals surface area contributed by atoms with Gasteiger partial charge in [-0.05, 0) is 0 Å². The first-order valence-corrected chi connectivity index (χ1v) is 6.63. The fourth-order valence-corrected chi connectivity index (χ4v) is 0. The van der Waals surface area contributed by atoms with Crippen LogP contribution in [0.15, 0.2) is 0 Å². The lowest BCUT2D eigenvalue weighted by Gasteiger charge is -1.66. The average Bonchev–Trinajstić information content (AvgIpc) is 1.38. The molecular weight excluding hydrogens is 169 g/mol. The highest BCUT2D eigenvalue weighted by atomic mass is 35.9. The van der Waals surface area contributed by atoms with Crippen molar-refractivity contribution in [3.05, 3.63) is 0 Å². The molecule has 0 aromatic rings. The molecule has 0 unspecified atom stereocenters. The van der Waals surface area contributed by atoms with E-state index in [0.717, 1.165) is 10.6 Å². The van der Waals surface area contributed by atoms with E-state index in [4.69, 9.17) is 33.2 Å². The van der Waals surface area contributed by atoms with E-state index in [9.17, 15) is 0 Å². The second-order valence-electron chi connectivity index (χ2n) is 0.303. The zero-order valence-corrected chi connectivity index (χ0v) is 6.13. The summed E-state index contributed by atoms with van der Waals surface area (Å²) in [6.07, 6.45) is 0. The number of hydrogen-bond acceptors (Lipinski definition) is 1. The van der Waals surface area contributed by atoms with Gasteiger partial charge in [0.05, 0.1) is 0 Å². The topological polar surface area (TPSA) is 0 Å². The molecule has 0 nitrogen and oxygen atoms in total. The van der Waals surface area contributed by atoms with Gasteiger partial charge in [-0.2, -0.15) is 0 Å². The van der Waals surface area contributed by atoms with Crippen LogP contribution >= 0.6 is 49.6 Å². The van der Waals surface area contributed by atoms with Gasteiger partial charge in [0.2, 0.25) is 0 Å². The molecule has 0 aliphatic heterocycles. The summed E-state index contributed by atoms with van der Waals surface area (Å²) in [7, 11) is 6.02. The summed E-state index contributed by atoms with van der Waals surface area (Å²) in [5.41, 5.74) is 0. The van der Waals surface area contributed by atoms with Crippen molar-refractivity contribution >= 4 is 49.6 Å². The van der Waals surface area contributed by atoms with Crippen molar-refractivity contribution in [2.24, 2.45) is 0 Å². The maximum atomic E-state index is 5.16. The van der Waals surface area contributed by atoms with E-state index in [1.807, 2.05) is 0 Å². The van der Waals surface area contributed by atoms with Gasteiger partial charge < -0.3 is 0 Å². The molecular formula is HCl3PS+. The smallest absolute Gasteiger partial charge is 0.00330 e. The van der Waals surface area contributed by atoms with Crippen LogP contribution in [0, 0.1) is 0 Å². The molecule has 0 aliphatic rings. The van der Waals surface area contributed by atoms with Gasteiger partial charge in [0.25, 0.3) is 5.83 Å². The van der Waals surface area contributed by atoms with Gasteiger partial charge in [0, 0.05) is 10.7 Å². The SMILES string of the molecule is ClS[PH+](Cl)Cl. The maximum absolute atomic E-state index is 5.16. The minimum atomic E-state index is -1.25. The fraction of sp³-hybridized carbons (Fsp3) is 0. The molecule has 0 aromatic carbocycles. The lowest BCUT2D eigenvalue weighted by atomic mass is 30.1. The van der Waals surface area contributed by atoms with Crippen LogP contribution in [-0.2, 0) is 0 Å². The summed E-state index contributed by atoms with van der Waals surface area (Å²) in [5, 5.41) is 0. The highest BCUT2D eigenvalue weighted by molar-refractivity contribution is 8.78. The molecule has 0 bridgehead atoms. The third kappa shape index (κ3) is 5.65. The Kier molecular flexibility index (Phi) is 5.09. The summed E-state index contributed by atoms with van der Waals surface area (Å²) in [6.45, 7) is 0. The molecule has 0 fully saturated rings. The average molecular weight is 170 g/mol. The first kappa shape index (κ1) is 6.65. The van der Waals surface area contributed by atoms with Gasteiger partial charge >= 0.3 is 0 Å². The molecule has 32 valence electrons. The highest BCUT2D eigenvalue weighted by Gasteiger charge is 2.04. The molecule has 0 saturated carbocycles. The van der Waals surface area contributed by atoms with Gasteiger partial charge in [0.1, 0.15) is 22.5 Å². The van der Waals surface area contributed by atoms with Crippen LogP contribution in [0.25, 0.3) is 0 Å². The summed E-state index contributed by atoms with van der Waals surface area (Å²) >= 11 is 10.3. The predicted molar refractivity (Wildman–Crippen MR) is 33.5 cm³/mol. The Morgan fingerprint density at radius 3 is 1.60 bits per heavy atom. The number of rotatable bonds is 1. The fourth-order valence-electron chi connectivity index (χ4n) is 0. The molecule has 5 heteroatoms. The van der Waals surface area contributed by atoms with Crippen LogP contribution in [0.4, 0.5) is 0 Å². The highest BCUT2D eigenvalue weighted by Crippen LogP contribution is 2.61. The molecule has 0 spiro atoms. The van der Waals surface area contributed by atoms with Crippen molar-refractivity contribution in [3.63, 3.8) is 0 Å². The van der Waals surface area contributed by atoms with Gasteiger partial charge in [-0.3, -0.25) is 0 Å². The van der Waals surface area contributed by atoms with Crippen molar-refractivity contribution in [3.8, 4) is 0 Å². The zero-order chi connectivity index (χ0) is 4.28. The van der Waals surface area contributed by atoms with E-state index in [1.54, 1.807) is 0 Å². The van der Waals surface area contributed by atoms with Crippen LogP contribution in [-0.4, -0.2) is 0 Å². The first-order chi connectivity index (χ1) is 2.27. The van der Waals surface area contributed by atoms with Crippen LogP contribution in [0.2, 0.25) is 0 Å². The van der Waals surface area contributed by atoms with E-state index in [0.29, 0.717) is 0 Å². The van der Waals surface area contributed by atoms with Crippen LogP contribution in [0.5, 0.6) is 0 Å². The van der Waals surface area contributed by atoms with Crippen molar-refractivity contribution in [1.29, 1.82) is 0 Å². The van der Waals surface area contributed by atoms with Gasteiger partial charge in [-0.15, -0.1) is 0 Å². The quantitative estimate of drug-likeness (QED) is 0.544. The third-order valence-corrected chi connectivity index (χ3v) is 4.72. The number of hydrogen-bond donors (Lipinski definition) is 0. The second-order valence-corrected chi connectivity index (χ2v) is 8.18. The Balaban J connectivity index is 2.54. The lowest BCUT2D eigenvalue weighted by molar-refractivity contribution is 4.70. The molecule has 0 rings (SSSR count). The molecule has 0 saturated heterocycles. The molecule has 5 heavy (non-hydrogen) atoms. The molecule has 0 amide bonds. The minimum absolute atomic E-state index is 0.985. The summed E-state index contributed by atoms with van der Waals surface area (Å²) in [6, 6.07) is 0. The monoisotopic (exact) mass is 169 g/mol. The van der Waals surface area contributed by atoms with Gasteiger partial charge in [-0.1, -0.05) is 0 Å². The summed E-state index contributed by atoms with van der Waals surface area (Å²) < 4.78 is 0. The molecule has 0 aromatic heterocycles.